The SMILES string of the molecule is CCOc1ccc(C(N)c2cccc(Cl)c2)cc1OCC. The van der Waals surface area contributed by atoms with Crippen LogP contribution in [0.2, 0.25) is 5.02 Å². The number of hydrogen-bond acceptors (Lipinski definition) is 3. The molecule has 2 rings (SSSR count). The van der Waals surface area contributed by atoms with Gasteiger partial charge in [0, 0.05) is 5.02 Å². The van der Waals surface area contributed by atoms with Crippen LogP contribution in [-0.2, 0) is 0 Å². The summed E-state index contributed by atoms with van der Waals surface area (Å²) >= 11 is 6.02. The summed E-state index contributed by atoms with van der Waals surface area (Å²) in [4.78, 5) is 0. The lowest BCUT2D eigenvalue weighted by molar-refractivity contribution is 0.287. The van der Waals surface area contributed by atoms with Gasteiger partial charge in [0.15, 0.2) is 11.5 Å². The summed E-state index contributed by atoms with van der Waals surface area (Å²) in [6, 6.07) is 13.1. The molecule has 4 heteroatoms. The minimum absolute atomic E-state index is 0.251. The Morgan fingerprint density at radius 2 is 1.62 bits per heavy atom. The Labute approximate surface area is 130 Å². The highest BCUT2D eigenvalue weighted by Crippen LogP contribution is 2.32. The zero-order valence-electron chi connectivity index (χ0n) is 12.3. The van der Waals surface area contributed by atoms with Crippen LogP contribution in [0.4, 0.5) is 0 Å². The van der Waals surface area contributed by atoms with Gasteiger partial charge in [-0.25, -0.2) is 0 Å². The van der Waals surface area contributed by atoms with Gasteiger partial charge in [-0.3, -0.25) is 0 Å². The number of halogens is 1. The van der Waals surface area contributed by atoms with Crippen LogP contribution in [0.1, 0.15) is 31.0 Å². The van der Waals surface area contributed by atoms with Crippen molar-refractivity contribution in [2.45, 2.75) is 19.9 Å². The predicted molar refractivity (Wildman–Crippen MR) is 86.3 cm³/mol. The van der Waals surface area contributed by atoms with Crippen LogP contribution >= 0.6 is 11.6 Å². The first-order valence-electron chi connectivity index (χ1n) is 7.06. The Morgan fingerprint density at radius 1 is 0.952 bits per heavy atom. The Morgan fingerprint density at radius 3 is 2.29 bits per heavy atom. The molecular weight excluding hydrogens is 286 g/mol. The van der Waals surface area contributed by atoms with Crippen molar-refractivity contribution in [3.05, 3.63) is 58.6 Å². The topological polar surface area (TPSA) is 44.5 Å². The van der Waals surface area contributed by atoms with Gasteiger partial charge < -0.3 is 15.2 Å². The van der Waals surface area contributed by atoms with Crippen LogP contribution in [0.5, 0.6) is 11.5 Å². The molecule has 3 nitrogen and oxygen atoms in total. The predicted octanol–water partition coefficient (Wildman–Crippen LogP) is 4.19. The van der Waals surface area contributed by atoms with Gasteiger partial charge in [0.25, 0.3) is 0 Å². The minimum atomic E-state index is -0.251. The highest BCUT2D eigenvalue weighted by atomic mass is 35.5. The van der Waals surface area contributed by atoms with E-state index in [-0.39, 0.29) is 6.04 Å². The lowest BCUT2D eigenvalue weighted by Crippen LogP contribution is -2.12. The van der Waals surface area contributed by atoms with Crippen molar-refractivity contribution < 1.29 is 9.47 Å². The molecular formula is C17H20ClNO2. The van der Waals surface area contributed by atoms with Crippen LogP contribution in [0.15, 0.2) is 42.5 Å². The van der Waals surface area contributed by atoms with E-state index >= 15 is 0 Å². The van der Waals surface area contributed by atoms with Crippen molar-refractivity contribution in [2.24, 2.45) is 5.73 Å². The summed E-state index contributed by atoms with van der Waals surface area (Å²) in [7, 11) is 0. The second-order valence-electron chi connectivity index (χ2n) is 4.60. The largest absolute Gasteiger partial charge is 0.490 e. The van der Waals surface area contributed by atoms with Gasteiger partial charge in [-0.2, -0.15) is 0 Å². The third kappa shape index (κ3) is 3.90. The first kappa shape index (κ1) is 15.7. The highest BCUT2D eigenvalue weighted by molar-refractivity contribution is 6.30. The van der Waals surface area contributed by atoms with Crippen LogP contribution in [0, 0.1) is 0 Å². The van der Waals surface area contributed by atoms with Crippen molar-refractivity contribution in [3.8, 4) is 11.5 Å². The highest BCUT2D eigenvalue weighted by Gasteiger charge is 2.13. The number of benzene rings is 2. The van der Waals surface area contributed by atoms with Crippen LogP contribution in [0.25, 0.3) is 0 Å². The standard InChI is InChI=1S/C17H20ClNO2/c1-3-20-15-9-8-13(11-16(15)21-4-2)17(19)12-6-5-7-14(18)10-12/h5-11,17H,3-4,19H2,1-2H3. The van der Waals surface area contributed by atoms with Crippen molar-refractivity contribution in [1.82, 2.24) is 0 Å². The van der Waals surface area contributed by atoms with Crippen molar-refractivity contribution >= 4 is 11.6 Å². The van der Waals surface area contributed by atoms with Crippen LogP contribution in [-0.4, -0.2) is 13.2 Å². The Bertz CT molecular complexity index is 601. The van der Waals surface area contributed by atoms with E-state index in [9.17, 15) is 0 Å². The number of rotatable bonds is 6. The number of hydrogen-bond donors (Lipinski definition) is 1. The summed E-state index contributed by atoms with van der Waals surface area (Å²) in [6.07, 6.45) is 0. The fourth-order valence-electron chi connectivity index (χ4n) is 2.15. The van der Waals surface area contributed by atoms with Gasteiger partial charge >= 0.3 is 0 Å². The fourth-order valence-corrected chi connectivity index (χ4v) is 2.35. The number of nitrogens with two attached hydrogens (primary N) is 1. The third-order valence-electron chi connectivity index (χ3n) is 3.13. The second kappa shape index (κ2) is 7.34. The van der Waals surface area contributed by atoms with E-state index in [2.05, 4.69) is 0 Å². The van der Waals surface area contributed by atoms with Crippen molar-refractivity contribution in [2.75, 3.05) is 13.2 Å². The molecule has 1 atom stereocenters. The van der Waals surface area contributed by atoms with Crippen molar-refractivity contribution in [3.63, 3.8) is 0 Å². The summed E-state index contributed by atoms with van der Waals surface area (Å²) in [5.74, 6) is 1.45. The maximum Gasteiger partial charge on any atom is 0.161 e. The maximum absolute atomic E-state index is 6.32. The minimum Gasteiger partial charge on any atom is -0.490 e. The van der Waals surface area contributed by atoms with Gasteiger partial charge in [0.05, 0.1) is 19.3 Å². The smallest absolute Gasteiger partial charge is 0.161 e. The van der Waals surface area contributed by atoms with E-state index in [1.54, 1.807) is 0 Å². The van der Waals surface area contributed by atoms with Gasteiger partial charge in [0.1, 0.15) is 0 Å². The molecule has 0 radical (unpaired) electrons. The molecule has 21 heavy (non-hydrogen) atoms. The zero-order valence-corrected chi connectivity index (χ0v) is 13.1. The second-order valence-corrected chi connectivity index (χ2v) is 5.04. The van der Waals surface area contributed by atoms with E-state index in [1.807, 2.05) is 56.3 Å². The monoisotopic (exact) mass is 305 g/mol. The molecule has 0 amide bonds. The molecule has 0 aromatic heterocycles. The quantitative estimate of drug-likeness (QED) is 0.870. The van der Waals surface area contributed by atoms with Gasteiger partial charge in [-0.1, -0.05) is 29.8 Å². The Kier molecular flexibility index (Phi) is 5.48. The van der Waals surface area contributed by atoms with Gasteiger partial charge in [-0.15, -0.1) is 0 Å². The Hall–Kier alpha value is -1.71. The molecule has 0 bridgehead atoms. The fraction of sp³-hybridized carbons (Fsp3) is 0.294. The van der Waals surface area contributed by atoms with E-state index in [4.69, 9.17) is 26.8 Å². The molecule has 0 aliphatic carbocycles. The summed E-state index contributed by atoms with van der Waals surface area (Å²) in [5.41, 5.74) is 8.25. The first-order valence-corrected chi connectivity index (χ1v) is 7.44. The molecule has 0 spiro atoms. The molecule has 1 unspecified atom stereocenters. The zero-order chi connectivity index (χ0) is 15.2. The van der Waals surface area contributed by atoms with Gasteiger partial charge in [-0.05, 0) is 49.2 Å². The van der Waals surface area contributed by atoms with Gasteiger partial charge in [0.2, 0.25) is 0 Å². The van der Waals surface area contributed by atoms with Crippen LogP contribution in [0.3, 0.4) is 0 Å². The Balaban J connectivity index is 2.32. The molecule has 2 N–H and O–H groups in total. The molecule has 0 heterocycles. The molecule has 2 aromatic carbocycles. The first-order chi connectivity index (χ1) is 10.2. The normalized spacial score (nSPS) is 12.0. The molecule has 2 aromatic rings. The van der Waals surface area contributed by atoms with Crippen molar-refractivity contribution in [1.29, 1.82) is 0 Å². The summed E-state index contributed by atoms with van der Waals surface area (Å²) < 4.78 is 11.2. The molecule has 0 aliphatic heterocycles. The average Bonchev–Trinajstić information content (AvgIpc) is 2.49. The van der Waals surface area contributed by atoms with Crippen LogP contribution < -0.4 is 15.2 Å². The summed E-state index contributed by atoms with van der Waals surface area (Å²) in [6.45, 7) is 5.07. The molecule has 0 aliphatic rings. The molecule has 112 valence electrons. The molecule has 0 saturated heterocycles. The lowest BCUT2D eigenvalue weighted by Gasteiger charge is -2.16. The van der Waals surface area contributed by atoms with E-state index in [1.165, 1.54) is 0 Å². The number of ether oxygens (including phenoxy) is 2. The van der Waals surface area contributed by atoms with E-state index in [0.29, 0.717) is 24.0 Å². The summed E-state index contributed by atoms with van der Waals surface area (Å²) in [5, 5.41) is 0.680. The third-order valence-corrected chi connectivity index (χ3v) is 3.37. The molecule has 0 saturated carbocycles. The van der Waals surface area contributed by atoms with E-state index in [0.717, 1.165) is 16.9 Å². The lowest BCUT2D eigenvalue weighted by atomic mass is 9.99. The average molecular weight is 306 g/mol. The molecule has 0 fully saturated rings. The maximum atomic E-state index is 6.32. The van der Waals surface area contributed by atoms with E-state index < -0.39 is 0 Å².